The van der Waals surface area contributed by atoms with E-state index >= 15 is 0 Å². The fourth-order valence-corrected chi connectivity index (χ4v) is 5.99. The fraction of sp³-hybridized carbons (Fsp3) is 0.241. The number of Topliss-reactive ketones (excluding diaryl/α,β-unsaturated/α-hetero) is 1. The molecule has 4 aromatic rings. The van der Waals surface area contributed by atoms with Crippen molar-refractivity contribution in [2.24, 2.45) is 11.8 Å². The molecule has 35 heavy (non-hydrogen) atoms. The summed E-state index contributed by atoms with van der Waals surface area (Å²) < 4.78 is 16.4. The molecule has 5 nitrogen and oxygen atoms in total. The van der Waals surface area contributed by atoms with Crippen LogP contribution in [0, 0.1) is 29.0 Å². The maximum atomic E-state index is 14.3. The number of imidazole rings is 1. The van der Waals surface area contributed by atoms with Crippen molar-refractivity contribution in [2.75, 3.05) is 0 Å². The van der Waals surface area contributed by atoms with Crippen molar-refractivity contribution in [3.63, 3.8) is 0 Å². The van der Waals surface area contributed by atoms with Gasteiger partial charge in [-0.1, -0.05) is 44.2 Å². The Balaban J connectivity index is 1.65. The molecule has 0 unspecified atom stereocenters. The highest BCUT2D eigenvalue weighted by Gasteiger charge is 2.50. The zero-order valence-corrected chi connectivity index (χ0v) is 19.5. The van der Waals surface area contributed by atoms with Crippen LogP contribution in [0.2, 0.25) is 0 Å². The molecule has 172 valence electrons. The number of nitrogens with zero attached hydrogens (tertiary/aromatic N) is 4. The van der Waals surface area contributed by atoms with E-state index in [4.69, 9.17) is 4.98 Å². The summed E-state index contributed by atoms with van der Waals surface area (Å²) in [7, 11) is 0. The van der Waals surface area contributed by atoms with Crippen LogP contribution in [0.5, 0.6) is 0 Å². The van der Waals surface area contributed by atoms with Gasteiger partial charge in [-0.15, -0.1) is 0 Å². The second kappa shape index (κ2) is 7.71. The van der Waals surface area contributed by atoms with Crippen molar-refractivity contribution in [2.45, 2.75) is 32.1 Å². The topological polar surface area (TPSA) is 71.6 Å². The van der Waals surface area contributed by atoms with Gasteiger partial charge in [0.25, 0.3) is 0 Å². The molecule has 2 aromatic heterocycles. The minimum absolute atomic E-state index is 0.0398. The minimum atomic E-state index is -0.580. The highest BCUT2D eigenvalue weighted by molar-refractivity contribution is 6.02. The molecule has 0 bridgehead atoms. The zero-order valence-electron chi connectivity index (χ0n) is 19.5. The molecule has 0 saturated heterocycles. The lowest BCUT2D eigenvalue weighted by molar-refractivity contribution is -0.121. The van der Waals surface area contributed by atoms with E-state index in [0.717, 1.165) is 34.3 Å². The lowest BCUT2D eigenvalue weighted by Crippen LogP contribution is -2.45. The molecular formula is C29H23FN4O. The molecule has 3 atom stereocenters. The maximum absolute atomic E-state index is 14.3. The van der Waals surface area contributed by atoms with Gasteiger partial charge in [-0.25, -0.2) is 9.37 Å². The number of ketones is 1. The number of carbonyl (C=O) groups is 1. The molecule has 0 spiro atoms. The van der Waals surface area contributed by atoms with Crippen molar-refractivity contribution in [1.29, 1.82) is 5.26 Å². The first-order chi connectivity index (χ1) is 16.9. The molecule has 2 aliphatic rings. The SMILES string of the molecule is C[C@H]1C(=O)C(C#N)=C[C@@]2(C)c3nc(-c4cnc5ccccc5c4)n(-c4cccc(F)c4)c3CC[C@H]12. The van der Waals surface area contributed by atoms with E-state index in [2.05, 4.69) is 24.0 Å². The zero-order chi connectivity index (χ0) is 24.3. The molecule has 0 radical (unpaired) electrons. The first-order valence-electron chi connectivity index (χ1n) is 11.8. The number of pyridine rings is 1. The number of rotatable bonds is 2. The highest BCUT2D eigenvalue weighted by atomic mass is 19.1. The summed E-state index contributed by atoms with van der Waals surface area (Å²) in [4.78, 5) is 22.6. The first-order valence-corrected chi connectivity index (χ1v) is 11.8. The predicted octanol–water partition coefficient (Wildman–Crippen LogP) is 5.72. The number of hydrogen-bond acceptors (Lipinski definition) is 4. The van der Waals surface area contributed by atoms with E-state index in [-0.39, 0.29) is 29.0 Å². The van der Waals surface area contributed by atoms with Crippen LogP contribution in [-0.2, 0) is 16.6 Å². The summed E-state index contributed by atoms with van der Waals surface area (Å²) in [6, 6.07) is 18.6. The van der Waals surface area contributed by atoms with Crippen molar-refractivity contribution in [3.8, 4) is 23.1 Å². The second-order valence-electron chi connectivity index (χ2n) is 9.71. The van der Waals surface area contributed by atoms with Crippen LogP contribution >= 0.6 is 0 Å². The van der Waals surface area contributed by atoms with Gasteiger partial charge >= 0.3 is 0 Å². The summed E-state index contributed by atoms with van der Waals surface area (Å²) in [6.07, 6.45) is 5.09. The first kappa shape index (κ1) is 21.4. The molecular weight excluding hydrogens is 439 g/mol. The lowest BCUT2D eigenvalue weighted by atomic mass is 9.58. The number of para-hydroxylation sites is 1. The summed E-state index contributed by atoms with van der Waals surface area (Å²) in [5.41, 5.74) is 3.83. The van der Waals surface area contributed by atoms with Gasteiger partial charge in [0.15, 0.2) is 5.78 Å². The third-order valence-corrected chi connectivity index (χ3v) is 7.71. The smallest absolute Gasteiger partial charge is 0.176 e. The van der Waals surface area contributed by atoms with Gasteiger partial charge in [-0.2, -0.15) is 5.26 Å². The largest absolute Gasteiger partial charge is 0.296 e. The normalized spacial score (nSPS) is 23.4. The van der Waals surface area contributed by atoms with Gasteiger partial charge < -0.3 is 0 Å². The van der Waals surface area contributed by atoms with E-state index in [9.17, 15) is 14.4 Å². The molecule has 0 saturated carbocycles. The monoisotopic (exact) mass is 462 g/mol. The highest BCUT2D eigenvalue weighted by Crippen LogP contribution is 2.50. The Bertz CT molecular complexity index is 1590. The van der Waals surface area contributed by atoms with Crippen LogP contribution in [0.3, 0.4) is 0 Å². The number of allylic oxidation sites excluding steroid dienone is 2. The summed E-state index contributed by atoms with van der Waals surface area (Å²) in [6.45, 7) is 3.99. The molecule has 2 aliphatic carbocycles. The fourth-order valence-electron chi connectivity index (χ4n) is 5.99. The van der Waals surface area contributed by atoms with Crippen molar-refractivity contribution < 1.29 is 9.18 Å². The van der Waals surface area contributed by atoms with Crippen molar-refractivity contribution in [3.05, 3.63) is 89.6 Å². The van der Waals surface area contributed by atoms with Crippen LogP contribution in [-0.4, -0.2) is 20.3 Å². The van der Waals surface area contributed by atoms with Gasteiger partial charge in [0.1, 0.15) is 17.7 Å². The Labute approximate surface area is 202 Å². The maximum Gasteiger partial charge on any atom is 0.176 e. The van der Waals surface area contributed by atoms with E-state index < -0.39 is 5.41 Å². The van der Waals surface area contributed by atoms with Crippen molar-refractivity contribution >= 4 is 16.7 Å². The van der Waals surface area contributed by atoms with Crippen LogP contribution in [0.4, 0.5) is 4.39 Å². The lowest BCUT2D eigenvalue weighted by Gasteiger charge is -2.44. The summed E-state index contributed by atoms with van der Waals surface area (Å²) in [5, 5.41) is 10.7. The molecule has 0 N–H and O–H groups in total. The third kappa shape index (κ3) is 3.15. The number of carbonyl (C=O) groups excluding carboxylic acids is 1. The van der Waals surface area contributed by atoms with Gasteiger partial charge in [-0.05, 0) is 49.1 Å². The third-order valence-electron chi connectivity index (χ3n) is 7.71. The number of aromatic nitrogens is 3. The number of fused-ring (bicyclic) bond motifs is 4. The summed E-state index contributed by atoms with van der Waals surface area (Å²) in [5.74, 6) is 0.0334. The Morgan fingerprint density at radius 2 is 2.00 bits per heavy atom. The van der Waals surface area contributed by atoms with Gasteiger partial charge in [0, 0.05) is 34.2 Å². The number of halogens is 1. The molecule has 2 heterocycles. The van der Waals surface area contributed by atoms with E-state index in [0.29, 0.717) is 17.9 Å². The summed E-state index contributed by atoms with van der Waals surface area (Å²) >= 11 is 0. The van der Waals surface area contributed by atoms with Gasteiger partial charge in [0.2, 0.25) is 0 Å². The number of benzene rings is 2. The van der Waals surface area contributed by atoms with Gasteiger partial charge in [0.05, 0.1) is 22.5 Å². The minimum Gasteiger partial charge on any atom is -0.296 e. The molecule has 0 fully saturated rings. The van der Waals surface area contributed by atoms with E-state index in [1.165, 1.54) is 12.1 Å². The molecule has 0 aliphatic heterocycles. The average Bonchev–Trinajstić information content (AvgIpc) is 3.27. The van der Waals surface area contributed by atoms with Gasteiger partial charge in [-0.3, -0.25) is 14.3 Å². The van der Waals surface area contributed by atoms with Crippen molar-refractivity contribution in [1.82, 2.24) is 14.5 Å². The Kier molecular flexibility index (Phi) is 4.72. The Hall–Kier alpha value is -4.11. The van der Waals surface area contributed by atoms with Crippen LogP contribution in [0.15, 0.2) is 72.4 Å². The number of nitriles is 1. The molecule has 6 heteroatoms. The molecule has 0 amide bonds. The average molecular weight is 463 g/mol. The molecule has 2 aromatic carbocycles. The Morgan fingerprint density at radius 1 is 1.17 bits per heavy atom. The number of hydrogen-bond donors (Lipinski definition) is 0. The molecule has 6 rings (SSSR count). The predicted molar refractivity (Wildman–Crippen MR) is 131 cm³/mol. The Morgan fingerprint density at radius 3 is 2.80 bits per heavy atom. The van der Waals surface area contributed by atoms with Crippen LogP contribution < -0.4 is 0 Å². The van der Waals surface area contributed by atoms with Crippen LogP contribution in [0.1, 0.15) is 31.7 Å². The van der Waals surface area contributed by atoms with E-state index in [1.807, 2.05) is 47.9 Å². The quantitative estimate of drug-likeness (QED) is 0.382. The van der Waals surface area contributed by atoms with Crippen LogP contribution in [0.25, 0.3) is 28.0 Å². The standard InChI is InChI=1S/C29H23FN4O/c1-17-23-10-11-25-27(29(23,2)14-20(15-31)26(17)35)33-28(34(25)22-8-5-7-21(30)13-22)19-12-18-6-3-4-9-24(18)32-16-19/h3-9,12-14,16-17,23H,10-11H2,1-2H3/t17-,23-,29-/m1/s1. The van der Waals surface area contributed by atoms with E-state index in [1.54, 1.807) is 12.3 Å². The second-order valence-corrected chi connectivity index (χ2v) is 9.71.